The van der Waals surface area contributed by atoms with Crippen LogP contribution >= 0.6 is 11.6 Å². The number of nitrogens with zero attached hydrogens (tertiary/aromatic N) is 3. The number of hydrogen-bond donors (Lipinski definition) is 1. The van der Waals surface area contributed by atoms with E-state index in [1.54, 1.807) is 19.5 Å². The van der Waals surface area contributed by atoms with E-state index in [0.717, 1.165) is 33.6 Å². The Balaban J connectivity index is 2.08. The van der Waals surface area contributed by atoms with Gasteiger partial charge >= 0.3 is 0 Å². The first-order valence-corrected chi connectivity index (χ1v) is 7.28. The molecule has 22 heavy (non-hydrogen) atoms. The Labute approximate surface area is 133 Å². The molecule has 0 saturated carbocycles. The van der Waals surface area contributed by atoms with E-state index < -0.39 is 0 Å². The van der Waals surface area contributed by atoms with Crippen LogP contribution in [0.15, 0.2) is 24.7 Å². The fourth-order valence-corrected chi connectivity index (χ4v) is 2.93. The summed E-state index contributed by atoms with van der Waals surface area (Å²) in [6.07, 6.45) is 3.57. The van der Waals surface area contributed by atoms with E-state index >= 15 is 0 Å². The Morgan fingerprint density at radius 1 is 1.27 bits per heavy atom. The summed E-state index contributed by atoms with van der Waals surface area (Å²) < 4.78 is 7.44. The van der Waals surface area contributed by atoms with Gasteiger partial charge in [-0.15, -0.1) is 0 Å². The number of benzene rings is 1. The third-order valence-electron chi connectivity index (χ3n) is 3.77. The first kappa shape index (κ1) is 14.7. The average molecular weight is 317 g/mol. The SMILES string of the molecule is COc1c(C)cnc(Cn2cnc3c(Cl)cc(N)cc32)c1C. The summed E-state index contributed by atoms with van der Waals surface area (Å²) in [6, 6.07) is 3.58. The molecule has 3 aromatic rings. The van der Waals surface area contributed by atoms with E-state index in [1.807, 2.05) is 30.7 Å². The molecule has 0 fully saturated rings. The highest BCUT2D eigenvalue weighted by Crippen LogP contribution is 2.28. The van der Waals surface area contributed by atoms with Crippen molar-refractivity contribution in [2.45, 2.75) is 20.4 Å². The van der Waals surface area contributed by atoms with Crippen molar-refractivity contribution in [3.63, 3.8) is 0 Å². The third-order valence-corrected chi connectivity index (χ3v) is 4.06. The fourth-order valence-electron chi connectivity index (χ4n) is 2.66. The Kier molecular flexibility index (Phi) is 3.66. The molecular weight excluding hydrogens is 300 g/mol. The number of nitrogens with two attached hydrogens (primary N) is 1. The molecule has 2 heterocycles. The van der Waals surface area contributed by atoms with E-state index in [2.05, 4.69) is 9.97 Å². The number of pyridine rings is 1. The number of aryl methyl sites for hydroxylation is 1. The number of anilines is 1. The number of methoxy groups -OCH3 is 1. The van der Waals surface area contributed by atoms with Crippen LogP contribution in [0.2, 0.25) is 5.02 Å². The average Bonchev–Trinajstić information content (AvgIpc) is 2.86. The van der Waals surface area contributed by atoms with Gasteiger partial charge in [-0.05, 0) is 26.0 Å². The van der Waals surface area contributed by atoms with Gasteiger partial charge in [-0.3, -0.25) is 4.98 Å². The summed E-state index contributed by atoms with van der Waals surface area (Å²) in [6.45, 7) is 4.57. The molecule has 0 unspecified atom stereocenters. The lowest BCUT2D eigenvalue weighted by Crippen LogP contribution is -2.05. The van der Waals surface area contributed by atoms with E-state index in [-0.39, 0.29) is 0 Å². The molecule has 0 aliphatic heterocycles. The molecule has 0 amide bonds. The van der Waals surface area contributed by atoms with Crippen LogP contribution in [0.5, 0.6) is 5.75 Å². The predicted molar refractivity (Wildman–Crippen MR) is 88.5 cm³/mol. The molecule has 3 rings (SSSR count). The molecule has 1 aromatic carbocycles. The highest BCUT2D eigenvalue weighted by atomic mass is 35.5. The molecule has 6 heteroatoms. The summed E-state index contributed by atoms with van der Waals surface area (Å²) in [5.41, 5.74) is 11.1. The van der Waals surface area contributed by atoms with Crippen LogP contribution in [0.4, 0.5) is 5.69 Å². The Morgan fingerprint density at radius 2 is 2.05 bits per heavy atom. The molecule has 0 atom stereocenters. The van der Waals surface area contributed by atoms with Crippen molar-refractivity contribution in [1.82, 2.24) is 14.5 Å². The van der Waals surface area contributed by atoms with E-state index in [0.29, 0.717) is 17.3 Å². The van der Waals surface area contributed by atoms with Crippen LogP contribution < -0.4 is 10.5 Å². The van der Waals surface area contributed by atoms with Crippen molar-refractivity contribution < 1.29 is 4.74 Å². The molecule has 2 N–H and O–H groups in total. The predicted octanol–water partition coefficient (Wildman–Crippen LogP) is 3.34. The van der Waals surface area contributed by atoms with Gasteiger partial charge in [0.05, 0.1) is 36.2 Å². The lowest BCUT2D eigenvalue weighted by atomic mass is 10.1. The van der Waals surface area contributed by atoms with E-state index in [1.165, 1.54) is 0 Å². The van der Waals surface area contributed by atoms with Gasteiger partial charge in [0.2, 0.25) is 0 Å². The largest absolute Gasteiger partial charge is 0.496 e. The van der Waals surface area contributed by atoms with Gasteiger partial charge in [-0.25, -0.2) is 4.98 Å². The zero-order valence-electron chi connectivity index (χ0n) is 12.7. The summed E-state index contributed by atoms with van der Waals surface area (Å²) in [5, 5.41) is 0.555. The zero-order chi connectivity index (χ0) is 15.9. The zero-order valence-corrected chi connectivity index (χ0v) is 13.5. The fraction of sp³-hybridized carbons (Fsp3) is 0.250. The standard InChI is InChI=1S/C16H17ClN4O/c1-9-6-19-13(10(2)16(9)22-3)7-21-8-20-15-12(17)4-11(18)5-14(15)21/h4-6,8H,7,18H2,1-3H3. The van der Waals surface area contributed by atoms with Crippen molar-refractivity contribution in [1.29, 1.82) is 0 Å². The van der Waals surface area contributed by atoms with Gasteiger partial charge < -0.3 is 15.0 Å². The topological polar surface area (TPSA) is 66.0 Å². The van der Waals surface area contributed by atoms with Crippen molar-refractivity contribution in [2.75, 3.05) is 12.8 Å². The Hall–Kier alpha value is -2.27. The van der Waals surface area contributed by atoms with Crippen molar-refractivity contribution in [2.24, 2.45) is 0 Å². The highest BCUT2D eigenvalue weighted by Gasteiger charge is 2.13. The van der Waals surface area contributed by atoms with Crippen LogP contribution in [0.25, 0.3) is 11.0 Å². The summed E-state index contributed by atoms with van der Waals surface area (Å²) >= 11 is 6.19. The number of rotatable bonds is 3. The molecule has 0 spiro atoms. The number of fused-ring (bicyclic) bond motifs is 1. The van der Waals surface area contributed by atoms with Crippen molar-refractivity contribution in [3.8, 4) is 5.75 Å². The minimum absolute atomic E-state index is 0.555. The smallest absolute Gasteiger partial charge is 0.128 e. The number of ether oxygens (including phenoxy) is 1. The summed E-state index contributed by atoms with van der Waals surface area (Å²) in [7, 11) is 1.67. The Bertz CT molecular complexity index is 857. The maximum Gasteiger partial charge on any atom is 0.128 e. The molecule has 0 bridgehead atoms. The second kappa shape index (κ2) is 5.50. The summed E-state index contributed by atoms with van der Waals surface area (Å²) in [5.74, 6) is 0.868. The molecule has 0 saturated heterocycles. The van der Waals surface area contributed by atoms with Crippen molar-refractivity contribution in [3.05, 3.63) is 46.5 Å². The molecule has 2 aromatic heterocycles. The maximum absolute atomic E-state index is 6.19. The molecular formula is C16H17ClN4O. The number of hydrogen-bond acceptors (Lipinski definition) is 4. The van der Waals surface area contributed by atoms with Gasteiger partial charge in [0.15, 0.2) is 0 Å². The Morgan fingerprint density at radius 3 is 2.77 bits per heavy atom. The lowest BCUT2D eigenvalue weighted by Gasteiger charge is -2.13. The second-order valence-corrected chi connectivity index (χ2v) is 5.70. The molecule has 114 valence electrons. The monoisotopic (exact) mass is 316 g/mol. The third kappa shape index (κ3) is 2.37. The quantitative estimate of drug-likeness (QED) is 0.753. The van der Waals surface area contributed by atoms with Gasteiger partial charge in [-0.2, -0.15) is 0 Å². The first-order valence-electron chi connectivity index (χ1n) is 6.90. The normalized spacial score (nSPS) is 11.1. The summed E-state index contributed by atoms with van der Waals surface area (Å²) in [4.78, 5) is 8.88. The van der Waals surface area contributed by atoms with Crippen molar-refractivity contribution >= 4 is 28.3 Å². The lowest BCUT2D eigenvalue weighted by molar-refractivity contribution is 0.406. The van der Waals surface area contributed by atoms with Crippen LogP contribution in [0, 0.1) is 13.8 Å². The number of nitrogen functional groups attached to an aromatic ring is 1. The molecule has 0 aliphatic carbocycles. The van der Waals surface area contributed by atoms with Gasteiger partial charge in [0, 0.05) is 23.0 Å². The van der Waals surface area contributed by atoms with Gasteiger partial charge in [0.1, 0.15) is 11.3 Å². The minimum atomic E-state index is 0.555. The van der Waals surface area contributed by atoms with E-state index in [4.69, 9.17) is 22.1 Å². The van der Waals surface area contributed by atoms with Crippen LogP contribution in [-0.4, -0.2) is 21.6 Å². The molecule has 0 aliphatic rings. The van der Waals surface area contributed by atoms with Gasteiger partial charge in [-0.1, -0.05) is 11.6 Å². The van der Waals surface area contributed by atoms with Crippen LogP contribution in [-0.2, 0) is 6.54 Å². The second-order valence-electron chi connectivity index (χ2n) is 5.29. The number of aromatic nitrogens is 3. The first-order chi connectivity index (χ1) is 10.5. The highest BCUT2D eigenvalue weighted by molar-refractivity contribution is 6.35. The van der Waals surface area contributed by atoms with Crippen LogP contribution in [0.3, 0.4) is 0 Å². The van der Waals surface area contributed by atoms with Gasteiger partial charge in [0.25, 0.3) is 0 Å². The molecule has 5 nitrogen and oxygen atoms in total. The van der Waals surface area contributed by atoms with Crippen LogP contribution in [0.1, 0.15) is 16.8 Å². The minimum Gasteiger partial charge on any atom is -0.496 e. The number of imidazole rings is 1. The molecule has 0 radical (unpaired) electrons. The number of halogens is 1. The maximum atomic E-state index is 6.19. The van der Waals surface area contributed by atoms with E-state index in [9.17, 15) is 0 Å².